The van der Waals surface area contributed by atoms with Crippen LogP contribution in [0.5, 0.6) is 0 Å². The first-order chi connectivity index (χ1) is 8.17. The van der Waals surface area contributed by atoms with Crippen molar-refractivity contribution in [2.24, 2.45) is 0 Å². The average Bonchev–Trinajstić information content (AvgIpc) is 2.30. The minimum absolute atomic E-state index is 0.131. The first kappa shape index (κ1) is 13.7. The van der Waals surface area contributed by atoms with Gasteiger partial charge in [-0.15, -0.1) is 0 Å². The number of carbonyl (C=O) groups excluding carboxylic acids is 1. The van der Waals surface area contributed by atoms with Gasteiger partial charge in [-0.3, -0.25) is 4.79 Å². The number of carbonyl (C=O) groups is 1. The van der Waals surface area contributed by atoms with Gasteiger partial charge in [0.1, 0.15) is 0 Å². The molecule has 0 aliphatic carbocycles. The van der Waals surface area contributed by atoms with E-state index >= 15 is 0 Å². The molecule has 0 unspecified atom stereocenters. The van der Waals surface area contributed by atoms with E-state index in [2.05, 4.69) is 0 Å². The lowest BCUT2D eigenvalue weighted by Gasteiger charge is -2.20. The van der Waals surface area contributed by atoms with Crippen LogP contribution in [0.2, 0.25) is 0 Å². The highest BCUT2D eigenvalue weighted by Crippen LogP contribution is 2.07. The van der Waals surface area contributed by atoms with E-state index in [0.29, 0.717) is 25.9 Å². The van der Waals surface area contributed by atoms with E-state index in [9.17, 15) is 4.79 Å². The van der Waals surface area contributed by atoms with Gasteiger partial charge in [0.15, 0.2) is 0 Å². The lowest BCUT2D eigenvalue weighted by molar-refractivity contribution is -0.130. The van der Waals surface area contributed by atoms with Crippen LogP contribution < -0.4 is 0 Å². The molecule has 0 atom stereocenters. The number of rotatable bonds is 6. The molecule has 17 heavy (non-hydrogen) atoms. The van der Waals surface area contributed by atoms with Gasteiger partial charge in [-0.1, -0.05) is 29.8 Å². The molecule has 0 saturated carbocycles. The zero-order valence-electron chi connectivity index (χ0n) is 10.6. The van der Waals surface area contributed by atoms with Gasteiger partial charge in [0.25, 0.3) is 0 Å². The minimum atomic E-state index is 0.131. The summed E-state index contributed by atoms with van der Waals surface area (Å²) in [5.74, 6) is 0.131. The van der Waals surface area contributed by atoms with Gasteiger partial charge in [0.05, 0.1) is 6.42 Å². The molecule has 0 spiro atoms. The van der Waals surface area contributed by atoms with E-state index in [4.69, 9.17) is 5.11 Å². The van der Waals surface area contributed by atoms with Gasteiger partial charge < -0.3 is 10.0 Å². The second-order valence-electron chi connectivity index (χ2n) is 4.22. The molecule has 0 aliphatic rings. The van der Waals surface area contributed by atoms with E-state index in [1.807, 2.05) is 38.1 Å². The Bertz CT molecular complexity index is 363. The molecule has 0 radical (unpaired) electrons. The molecule has 94 valence electrons. The number of aliphatic hydroxyl groups is 1. The predicted molar refractivity (Wildman–Crippen MR) is 68.8 cm³/mol. The molecule has 3 nitrogen and oxygen atoms in total. The van der Waals surface area contributed by atoms with Crippen LogP contribution in [-0.4, -0.2) is 35.6 Å². The van der Waals surface area contributed by atoms with Crippen molar-refractivity contribution in [2.45, 2.75) is 26.7 Å². The normalized spacial score (nSPS) is 10.3. The Hall–Kier alpha value is -1.35. The van der Waals surface area contributed by atoms with Crippen LogP contribution in [0.15, 0.2) is 24.3 Å². The Morgan fingerprint density at radius 3 is 2.76 bits per heavy atom. The number of hydrogen-bond donors (Lipinski definition) is 1. The Kier molecular flexibility index (Phi) is 5.70. The second-order valence-corrected chi connectivity index (χ2v) is 4.22. The fourth-order valence-corrected chi connectivity index (χ4v) is 1.83. The smallest absolute Gasteiger partial charge is 0.226 e. The first-order valence-electron chi connectivity index (χ1n) is 6.11. The molecule has 1 N–H and O–H groups in total. The molecule has 1 rings (SSSR count). The van der Waals surface area contributed by atoms with Crippen LogP contribution >= 0.6 is 0 Å². The fourth-order valence-electron chi connectivity index (χ4n) is 1.83. The summed E-state index contributed by atoms with van der Waals surface area (Å²) in [7, 11) is 0. The Labute approximate surface area is 103 Å². The van der Waals surface area contributed by atoms with Gasteiger partial charge >= 0.3 is 0 Å². The summed E-state index contributed by atoms with van der Waals surface area (Å²) in [5, 5.41) is 8.78. The monoisotopic (exact) mass is 235 g/mol. The van der Waals surface area contributed by atoms with Crippen molar-refractivity contribution in [2.75, 3.05) is 19.7 Å². The maximum absolute atomic E-state index is 12.0. The largest absolute Gasteiger partial charge is 0.396 e. The van der Waals surface area contributed by atoms with Crippen LogP contribution in [0.25, 0.3) is 0 Å². The third-order valence-corrected chi connectivity index (χ3v) is 2.76. The molecule has 0 bridgehead atoms. The summed E-state index contributed by atoms with van der Waals surface area (Å²) in [6.45, 7) is 5.46. The molecule has 0 saturated heterocycles. The summed E-state index contributed by atoms with van der Waals surface area (Å²) in [5.41, 5.74) is 2.23. The number of hydrogen-bond acceptors (Lipinski definition) is 2. The standard InChI is InChI=1S/C14H21NO2/c1-3-15(8-5-9-16)14(17)11-13-7-4-6-12(2)10-13/h4,6-7,10,16H,3,5,8-9,11H2,1-2H3. The van der Waals surface area contributed by atoms with Gasteiger partial charge in [-0.25, -0.2) is 0 Å². The molecular weight excluding hydrogens is 214 g/mol. The molecule has 0 fully saturated rings. The van der Waals surface area contributed by atoms with Gasteiger partial charge in [0.2, 0.25) is 5.91 Å². The number of likely N-dealkylation sites (N-methyl/N-ethyl adjacent to an activating group) is 1. The second kappa shape index (κ2) is 7.07. The summed E-state index contributed by atoms with van der Waals surface area (Å²) in [6.07, 6.45) is 1.09. The number of benzene rings is 1. The van der Waals surface area contributed by atoms with Crippen molar-refractivity contribution in [3.05, 3.63) is 35.4 Å². The minimum Gasteiger partial charge on any atom is -0.396 e. The van der Waals surface area contributed by atoms with Crippen molar-refractivity contribution in [1.29, 1.82) is 0 Å². The van der Waals surface area contributed by atoms with Crippen LogP contribution in [0.1, 0.15) is 24.5 Å². The molecule has 1 aromatic carbocycles. The molecule has 1 amide bonds. The number of nitrogens with zero attached hydrogens (tertiary/aromatic N) is 1. The maximum atomic E-state index is 12.0. The fraction of sp³-hybridized carbons (Fsp3) is 0.500. The van der Waals surface area contributed by atoms with Crippen molar-refractivity contribution in [3.63, 3.8) is 0 Å². The highest BCUT2D eigenvalue weighted by atomic mass is 16.3. The van der Waals surface area contributed by atoms with Gasteiger partial charge in [-0.05, 0) is 25.8 Å². The lowest BCUT2D eigenvalue weighted by atomic mass is 10.1. The van der Waals surface area contributed by atoms with Gasteiger partial charge in [0, 0.05) is 19.7 Å². The van der Waals surface area contributed by atoms with E-state index in [1.54, 1.807) is 4.90 Å². The Morgan fingerprint density at radius 1 is 1.41 bits per heavy atom. The molecular formula is C14H21NO2. The molecule has 0 heterocycles. The van der Waals surface area contributed by atoms with Crippen LogP contribution in [-0.2, 0) is 11.2 Å². The summed E-state index contributed by atoms with van der Waals surface area (Å²) in [6, 6.07) is 8.02. The number of amides is 1. The number of aliphatic hydroxyl groups excluding tert-OH is 1. The van der Waals surface area contributed by atoms with Crippen LogP contribution in [0, 0.1) is 6.92 Å². The van der Waals surface area contributed by atoms with Crippen molar-refractivity contribution >= 4 is 5.91 Å². The predicted octanol–water partition coefficient (Wildman–Crippen LogP) is 1.77. The third-order valence-electron chi connectivity index (χ3n) is 2.76. The lowest BCUT2D eigenvalue weighted by Crippen LogP contribution is -2.33. The molecule has 0 aliphatic heterocycles. The highest BCUT2D eigenvalue weighted by molar-refractivity contribution is 5.78. The molecule has 0 aromatic heterocycles. The average molecular weight is 235 g/mol. The van der Waals surface area contributed by atoms with E-state index in [0.717, 1.165) is 5.56 Å². The van der Waals surface area contributed by atoms with Crippen LogP contribution in [0.3, 0.4) is 0 Å². The maximum Gasteiger partial charge on any atom is 0.226 e. The number of aryl methyl sites for hydroxylation is 1. The zero-order valence-corrected chi connectivity index (χ0v) is 10.6. The third kappa shape index (κ3) is 4.57. The first-order valence-corrected chi connectivity index (χ1v) is 6.11. The zero-order chi connectivity index (χ0) is 12.7. The quantitative estimate of drug-likeness (QED) is 0.816. The topological polar surface area (TPSA) is 40.5 Å². The van der Waals surface area contributed by atoms with E-state index in [-0.39, 0.29) is 12.5 Å². The highest BCUT2D eigenvalue weighted by Gasteiger charge is 2.11. The molecule has 1 aromatic rings. The Balaban J connectivity index is 2.57. The van der Waals surface area contributed by atoms with Crippen molar-refractivity contribution < 1.29 is 9.90 Å². The van der Waals surface area contributed by atoms with Crippen molar-refractivity contribution in [1.82, 2.24) is 4.90 Å². The van der Waals surface area contributed by atoms with E-state index < -0.39 is 0 Å². The van der Waals surface area contributed by atoms with Crippen molar-refractivity contribution in [3.8, 4) is 0 Å². The molecule has 3 heteroatoms. The summed E-state index contributed by atoms with van der Waals surface area (Å²) >= 11 is 0. The van der Waals surface area contributed by atoms with E-state index in [1.165, 1.54) is 5.56 Å². The van der Waals surface area contributed by atoms with Crippen LogP contribution in [0.4, 0.5) is 0 Å². The Morgan fingerprint density at radius 2 is 2.18 bits per heavy atom. The summed E-state index contributed by atoms with van der Waals surface area (Å²) in [4.78, 5) is 13.8. The SMILES string of the molecule is CCN(CCCO)C(=O)Cc1cccc(C)c1. The van der Waals surface area contributed by atoms with Gasteiger partial charge in [-0.2, -0.15) is 0 Å². The summed E-state index contributed by atoms with van der Waals surface area (Å²) < 4.78 is 0.